The minimum absolute atomic E-state index is 0.381. The van der Waals surface area contributed by atoms with Crippen molar-refractivity contribution in [2.45, 2.75) is 83.1 Å². The Morgan fingerprint density at radius 2 is 1.53 bits per heavy atom. The van der Waals surface area contributed by atoms with Gasteiger partial charge >= 0.3 is 0 Å². The fourth-order valence-corrected chi connectivity index (χ4v) is 3.49. The molecule has 0 saturated heterocycles. The van der Waals surface area contributed by atoms with Crippen LogP contribution in [0.3, 0.4) is 0 Å². The molecule has 0 aromatic heterocycles. The summed E-state index contributed by atoms with van der Waals surface area (Å²) in [5.41, 5.74) is 8.14. The van der Waals surface area contributed by atoms with E-state index >= 15 is 0 Å². The number of hydrogen-bond acceptors (Lipinski definition) is 1. The van der Waals surface area contributed by atoms with E-state index < -0.39 is 0 Å². The molecule has 0 aromatic rings. The van der Waals surface area contributed by atoms with Crippen molar-refractivity contribution >= 4 is 0 Å². The molecular formula is C16H29N. The van der Waals surface area contributed by atoms with Crippen LogP contribution in [0.5, 0.6) is 0 Å². The zero-order valence-corrected chi connectivity index (χ0v) is 11.3. The number of nitrogens with two attached hydrogens (primary N) is 1. The van der Waals surface area contributed by atoms with Gasteiger partial charge in [0.25, 0.3) is 0 Å². The van der Waals surface area contributed by atoms with Gasteiger partial charge in [-0.25, -0.2) is 0 Å². The highest BCUT2D eigenvalue weighted by Gasteiger charge is 2.22. The van der Waals surface area contributed by atoms with Crippen LogP contribution in [-0.2, 0) is 0 Å². The summed E-state index contributed by atoms with van der Waals surface area (Å²) in [6.45, 7) is 0. The molecule has 1 saturated carbocycles. The number of allylic oxidation sites excluding steroid dienone is 1. The zero-order chi connectivity index (χ0) is 11.9. The fourth-order valence-electron chi connectivity index (χ4n) is 3.49. The molecule has 1 nitrogen and oxygen atoms in total. The van der Waals surface area contributed by atoms with E-state index in [1.807, 2.05) is 0 Å². The first-order valence-electron chi connectivity index (χ1n) is 7.82. The lowest BCUT2D eigenvalue weighted by Gasteiger charge is -2.27. The standard InChI is InChI=1S/C16H29N/c17-16(15-12-8-4-5-9-13-15)14-10-6-2-1-3-7-11-14/h12,14,16H,1-11,13,17H2. The van der Waals surface area contributed by atoms with Crippen LogP contribution in [0.25, 0.3) is 0 Å². The Bertz CT molecular complexity index is 236. The maximum atomic E-state index is 6.54. The van der Waals surface area contributed by atoms with Crippen LogP contribution in [0, 0.1) is 5.92 Å². The highest BCUT2D eigenvalue weighted by Crippen LogP contribution is 2.30. The quantitative estimate of drug-likeness (QED) is 0.697. The highest BCUT2D eigenvalue weighted by molar-refractivity contribution is 5.13. The largest absolute Gasteiger partial charge is 0.324 e. The van der Waals surface area contributed by atoms with Gasteiger partial charge in [0.05, 0.1) is 0 Å². The van der Waals surface area contributed by atoms with E-state index in [1.165, 1.54) is 77.0 Å². The van der Waals surface area contributed by atoms with Crippen LogP contribution in [0.1, 0.15) is 77.0 Å². The van der Waals surface area contributed by atoms with Crippen molar-refractivity contribution in [2.75, 3.05) is 0 Å². The van der Waals surface area contributed by atoms with Crippen molar-refractivity contribution < 1.29 is 0 Å². The predicted octanol–water partition coefficient (Wildman–Crippen LogP) is 4.56. The highest BCUT2D eigenvalue weighted by atomic mass is 14.7. The summed E-state index contributed by atoms with van der Waals surface area (Å²) in [4.78, 5) is 0. The normalized spacial score (nSPS) is 26.5. The molecule has 2 aliphatic carbocycles. The molecule has 0 radical (unpaired) electrons. The van der Waals surface area contributed by atoms with Gasteiger partial charge in [-0.1, -0.05) is 50.2 Å². The summed E-state index contributed by atoms with van der Waals surface area (Å²) >= 11 is 0. The SMILES string of the molecule is NC(C1=CCCCCC1)C1CCCCCCC1. The molecule has 2 aliphatic rings. The molecule has 0 amide bonds. The molecule has 1 fully saturated rings. The molecule has 2 rings (SSSR count). The lowest BCUT2D eigenvalue weighted by atomic mass is 9.82. The van der Waals surface area contributed by atoms with Gasteiger partial charge in [-0.2, -0.15) is 0 Å². The molecule has 0 spiro atoms. The van der Waals surface area contributed by atoms with Crippen LogP contribution in [0.2, 0.25) is 0 Å². The summed E-state index contributed by atoms with van der Waals surface area (Å²) in [5.74, 6) is 0.777. The van der Waals surface area contributed by atoms with E-state index in [0.29, 0.717) is 6.04 Å². The molecular weight excluding hydrogens is 206 g/mol. The van der Waals surface area contributed by atoms with Gasteiger partial charge in [0.1, 0.15) is 0 Å². The van der Waals surface area contributed by atoms with Crippen molar-refractivity contribution in [3.63, 3.8) is 0 Å². The molecule has 2 N–H and O–H groups in total. The van der Waals surface area contributed by atoms with E-state index in [1.54, 1.807) is 5.57 Å². The molecule has 1 heteroatoms. The van der Waals surface area contributed by atoms with Gasteiger partial charge in [-0.15, -0.1) is 0 Å². The van der Waals surface area contributed by atoms with Gasteiger partial charge in [-0.05, 0) is 44.4 Å². The average molecular weight is 235 g/mol. The summed E-state index contributed by atoms with van der Waals surface area (Å²) < 4.78 is 0. The van der Waals surface area contributed by atoms with Crippen molar-refractivity contribution in [3.8, 4) is 0 Å². The van der Waals surface area contributed by atoms with Crippen LogP contribution in [-0.4, -0.2) is 6.04 Å². The Kier molecular flexibility index (Phi) is 5.57. The maximum Gasteiger partial charge on any atom is 0.0282 e. The minimum atomic E-state index is 0.381. The Morgan fingerprint density at radius 1 is 0.882 bits per heavy atom. The third kappa shape index (κ3) is 4.13. The number of hydrogen-bond donors (Lipinski definition) is 1. The molecule has 1 unspecified atom stereocenters. The second-order valence-electron chi connectivity index (χ2n) is 6.01. The fraction of sp³-hybridized carbons (Fsp3) is 0.875. The van der Waals surface area contributed by atoms with Crippen molar-refractivity contribution in [1.82, 2.24) is 0 Å². The third-order valence-electron chi connectivity index (χ3n) is 4.66. The van der Waals surface area contributed by atoms with Crippen molar-refractivity contribution in [2.24, 2.45) is 11.7 Å². The monoisotopic (exact) mass is 235 g/mol. The van der Waals surface area contributed by atoms with Crippen LogP contribution < -0.4 is 5.73 Å². The van der Waals surface area contributed by atoms with E-state index in [0.717, 1.165) is 5.92 Å². The summed E-state index contributed by atoms with van der Waals surface area (Å²) in [6, 6.07) is 0.381. The Hall–Kier alpha value is -0.300. The molecule has 0 aliphatic heterocycles. The van der Waals surface area contributed by atoms with Crippen LogP contribution in [0.15, 0.2) is 11.6 Å². The number of rotatable bonds is 2. The lowest BCUT2D eigenvalue weighted by Crippen LogP contribution is -2.32. The first-order valence-corrected chi connectivity index (χ1v) is 7.82. The predicted molar refractivity (Wildman–Crippen MR) is 75.0 cm³/mol. The Balaban J connectivity index is 1.91. The van der Waals surface area contributed by atoms with Gasteiger partial charge in [0.2, 0.25) is 0 Å². The second-order valence-corrected chi connectivity index (χ2v) is 6.01. The maximum absolute atomic E-state index is 6.54. The Labute approximate surface area is 107 Å². The Morgan fingerprint density at radius 3 is 2.29 bits per heavy atom. The van der Waals surface area contributed by atoms with Gasteiger partial charge in [0.15, 0.2) is 0 Å². The molecule has 0 aromatic carbocycles. The third-order valence-corrected chi connectivity index (χ3v) is 4.66. The van der Waals surface area contributed by atoms with E-state index in [9.17, 15) is 0 Å². The molecule has 17 heavy (non-hydrogen) atoms. The van der Waals surface area contributed by atoms with Gasteiger partial charge < -0.3 is 5.73 Å². The minimum Gasteiger partial charge on any atom is -0.324 e. The van der Waals surface area contributed by atoms with Crippen molar-refractivity contribution in [3.05, 3.63) is 11.6 Å². The van der Waals surface area contributed by atoms with E-state index in [4.69, 9.17) is 5.73 Å². The second kappa shape index (κ2) is 7.20. The van der Waals surface area contributed by atoms with Gasteiger partial charge in [0, 0.05) is 6.04 Å². The van der Waals surface area contributed by atoms with Crippen LogP contribution >= 0.6 is 0 Å². The van der Waals surface area contributed by atoms with Crippen molar-refractivity contribution in [1.29, 1.82) is 0 Å². The summed E-state index contributed by atoms with van der Waals surface area (Å²) in [7, 11) is 0. The zero-order valence-electron chi connectivity index (χ0n) is 11.3. The van der Waals surface area contributed by atoms with E-state index in [-0.39, 0.29) is 0 Å². The summed E-state index contributed by atoms with van der Waals surface area (Å²) in [6.07, 6.45) is 19.0. The lowest BCUT2D eigenvalue weighted by molar-refractivity contribution is 0.341. The van der Waals surface area contributed by atoms with Gasteiger partial charge in [-0.3, -0.25) is 0 Å². The first-order chi connectivity index (χ1) is 8.38. The van der Waals surface area contributed by atoms with Crippen LogP contribution in [0.4, 0.5) is 0 Å². The molecule has 0 heterocycles. The molecule has 98 valence electrons. The molecule has 1 atom stereocenters. The smallest absolute Gasteiger partial charge is 0.0282 e. The average Bonchev–Trinajstić information content (AvgIpc) is 2.56. The van der Waals surface area contributed by atoms with E-state index in [2.05, 4.69) is 6.08 Å². The topological polar surface area (TPSA) is 26.0 Å². The first kappa shape index (κ1) is 13.1. The summed E-state index contributed by atoms with van der Waals surface area (Å²) in [5, 5.41) is 0. The molecule has 0 bridgehead atoms.